The van der Waals surface area contributed by atoms with Gasteiger partial charge < -0.3 is 0 Å². The van der Waals surface area contributed by atoms with Crippen LogP contribution in [-0.2, 0) is 9.78 Å². The third-order valence-electron chi connectivity index (χ3n) is 1.23. The summed E-state index contributed by atoms with van der Waals surface area (Å²) in [6.07, 6.45) is 1.22. The van der Waals surface area contributed by atoms with E-state index in [0.29, 0.717) is 12.8 Å². The quantitative estimate of drug-likeness (QED) is 0.259. The summed E-state index contributed by atoms with van der Waals surface area (Å²) >= 11 is 16.3. The van der Waals surface area contributed by atoms with E-state index in [2.05, 4.69) is 50.5 Å². The molecule has 0 fully saturated rings. The minimum atomic E-state index is -0.883. The Hall–Kier alpha value is 1.32. The Morgan fingerprint density at radius 2 is 1.08 bits per heavy atom. The number of rotatable bonds is 5. The Kier molecular flexibility index (Phi) is 5.84. The number of hydrogen-bond acceptors (Lipinski definition) is 6. The molecule has 0 radical (unpaired) electrons. The largest absolute Gasteiger partial charge is 0.206 e. The first-order valence-electron chi connectivity index (χ1n) is 3.59. The van der Waals surface area contributed by atoms with Crippen LogP contribution < -0.4 is 0 Å². The molecular weight excluding hydrogens is 232 g/mol. The van der Waals surface area contributed by atoms with Crippen LogP contribution in [0.25, 0.3) is 0 Å². The second kappa shape index (κ2) is 5.26. The minimum absolute atomic E-state index is 0.612. The van der Waals surface area contributed by atoms with Crippen LogP contribution >= 0.6 is 50.5 Å². The second-order valence-electron chi connectivity index (χ2n) is 2.36. The topological polar surface area (TPSA) is 18.5 Å². The van der Waals surface area contributed by atoms with Crippen LogP contribution in [0, 0.1) is 0 Å². The lowest BCUT2D eigenvalue weighted by Crippen LogP contribution is -2.25. The first kappa shape index (κ1) is 13.3. The fourth-order valence-corrected chi connectivity index (χ4v) is 0.400. The summed E-state index contributed by atoms with van der Waals surface area (Å²) in [7, 11) is 0. The molecule has 0 aliphatic carbocycles. The van der Waals surface area contributed by atoms with E-state index in [0.717, 1.165) is 0 Å². The lowest BCUT2D eigenvalue weighted by Gasteiger charge is -2.26. The summed E-state index contributed by atoms with van der Waals surface area (Å²) in [5.41, 5.74) is 0. The molecule has 6 heteroatoms. The van der Waals surface area contributed by atoms with Gasteiger partial charge in [-0.1, -0.05) is 13.8 Å². The molecule has 0 amide bonds. The van der Waals surface area contributed by atoms with Crippen molar-refractivity contribution in [1.29, 1.82) is 0 Å². The van der Waals surface area contributed by atoms with Crippen molar-refractivity contribution in [3.8, 4) is 0 Å². The molecule has 0 N–H and O–H groups in total. The standard InChI is InChI=1S/C6H14O2S4/c1-3-5(9,10)7-8-6(11,12)4-2/h9-12H,3-4H2,1-2H3. The van der Waals surface area contributed by atoms with Crippen molar-refractivity contribution in [3.05, 3.63) is 0 Å². The lowest BCUT2D eigenvalue weighted by atomic mass is 10.5. The van der Waals surface area contributed by atoms with Crippen LogP contribution in [0.5, 0.6) is 0 Å². The Balaban J connectivity index is 3.82. The summed E-state index contributed by atoms with van der Waals surface area (Å²) in [5, 5.41) is 0. The van der Waals surface area contributed by atoms with Gasteiger partial charge in [0.2, 0.25) is 0 Å². The van der Waals surface area contributed by atoms with Crippen LogP contribution in [0.1, 0.15) is 26.7 Å². The van der Waals surface area contributed by atoms with Crippen LogP contribution in [0.2, 0.25) is 0 Å². The molecule has 0 saturated heterocycles. The molecular formula is C6H14O2S4. The summed E-state index contributed by atoms with van der Waals surface area (Å²) in [6.45, 7) is 3.77. The van der Waals surface area contributed by atoms with Gasteiger partial charge >= 0.3 is 0 Å². The third kappa shape index (κ3) is 5.88. The maximum atomic E-state index is 4.91. The molecule has 12 heavy (non-hydrogen) atoms. The second-order valence-corrected chi connectivity index (χ2v) is 5.96. The van der Waals surface area contributed by atoms with E-state index in [1.54, 1.807) is 0 Å². The van der Waals surface area contributed by atoms with E-state index in [1.165, 1.54) is 0 Å². The van der Waals surface area contributed by atoms with E-state index in [-0.39, 0.29) is 0 Å². The maximum absolute atomic E-state index is 4.91. The van der Waals surface area contributed by atoms with Gasteiger partial charge in [-0.15, -0.1) is 50.5 Å². The van der Waals surface area contributed by atoms with Crippen LogP contribution in [0.15, 0.2) is 0 Å². The molecule has 0 aromatic heterocycles. The summed E-state index contributed by atoms with van der Waals surface area (Å²) < 4.78 is -1.77. The molecule has 0 saturated carbocycles. The van der Waals surface area contributed by atoms with Gasteiger partial charge in [0.25, 0.3) is 0 Å². The summed E-state index contributed by atoms with van der Waals surface area (Å²) in [4.78, 5) is 9.82. The monoisotopic (exact) mass is 246 g/mol. The molecule has 0 heterocycles. The van der Waals surface area contributed by atoms with Crippen molar-refractivity contribution < 1.29 is 9.78 Å². The Bertz CT molecular complexity index is 122. The fourth-order valence-electron chi connectivity index (χ4n) is 0.251. The van der Waals surface area contributed by atoms with Crippen molar-refractivity contribution >= 4 is 50.5 Å². The molecule has 2 nitrogen and oxygen atoms in total. The fraction of sp³-hybridized carbons (Fsp3) is 1.00. The SMILES string of the molecule is CCC(S)(S)OOC(S)(S)CC. The smallest absolute Gasteiger partial charge is 0.189 e. The molecule has 0 aromatic rings. The highest BCUT2D eigenvalue weighted by Gasteiger charge is 2.26. The van der Waals surface area contributed by atoms with Crippen LogP contribution in [0.3, 0.4) is 0 Å². The van der Waals surface area contributed by atoms with Crippen LogP contribution in [0.4, 0.5) is 0 Å². The highest BCUT2D eigenvalue weighted by atomic mass is 32.2. The molecule has 0 aliphatic rings. The first-order chi connectivity index (χ1) is 5.33. The van der Waals surface area contributed by atoms with Gasteiger partial charge in [-0.25, -0.2) is 9.78 Å². The molecule has 74 valence electrons. The molecule has 0 atom stereocenters. The lowest BCUT2D eigenvalue weighted by molar-refractivity contribution is -0.330. The third-order valence-corrected chi connectivity index (χ3v) is 2.79. The highest BCUT2D eigenvalue weighted by Crippen LogP contribution is 2.32. The molecule has 0 aromatic carbocycles. The Morgan fingerprint density at radius 1 is 0.833 bits per heavy atom. The number of thiol groups is 4. The molecule has 0 bridgehead atoms. The average molecular weight is 246 g/mol. The molecule has 0 spiro atoms. The highest BCUT2D eigenvalue weighted by molar-refractivity contribution is 8.00. The van der Waals surface area contributed by atoms with E-state index < -0.39 is 8.53 Å². The summed E-state index contributed by atoms with van der Waals surface area (Å²) in [6, 6.07) is 0. The van der Waals surface area contributed by atoms with E-state index in [9.17, 15) is 0 Å². The molecule has 0 aliphatic heterocycles. The van der Waals surface area contributed by atoms with Gasteiger partial charge in [-0.2, -0.15) is 0 Å². The Labute approximate surface area is 95.3 Å². The van der Waals surface area contributed by atoms with Gasteiger partial charge in [0, 0.05) is 0 Å². The molecule has 0 unspecified atom stereocenters. The zero-order valence-electron chi connectivity index (χ0n) is 7.02. The maximum Gasteiger partial charge on any atom is 0.189 e. The van der Waals surface area contributed by atoms with Crippen molar-refractivity contribution in [2.75, 3.05) is 0 Å². The van der Waals surface area contributed by atoms with Gasteiger partial charge in [0.05, 0.1) is 0 Å². The van der Waals surface area contributed by atoms with Crippen molar-refractivity contribution in [3.63, 3.8) is 0 Å². The van der Waals surface area contributed by atoms with E-state index >= 15 is 0 Å². The number of hydrogen-bond donors (Lipinski definition) is 4. The van der Waals surface area contributed by atoms with Crippen molar-refractivity contribution in [2.24, 2.45) is 0 Å². The minimum Gasteiger partial charge on any atom is -0.206 e. The average Bonchev–Trinajstić information content (AvgIpc) is 2.02. The molecule has 0 rings (SSSR count). The van der Waals surface area contributed by atoms with Gasteiger partial charge in [-0.3, -0.25) is 0 Å². The van der Waals surface area contributed by atoms with Gasteiger partial charge in [0.1, 0.15) is 0 Å². The summed E-state index contributed by atoms with van der Waals surface area (Å²) in [5.74, 6) is 0. The van der Waals surface area contributed by atoms with Crippen molar-refractivity contribution in [2.45, 2.75) is 35.2 Å². The normalized spacial score (nSPS) is 13.5. The first-order valence-corrected chi connectivity index (χ1v) is 5.38. The zero-order valence-corrected chi connectivity index (χ0v) is 10.6. The van der Waals surface area contributed by atoms with Gasteiger partial charge in [0.15, 0.2) is 8.53 Å². The zero-order chi connectivity index (χ0) is 9.83. The predicted molar refractivity (Wildman–Crippen MR) is 64.2 cm³/mol. The van der Waals surface area contributed by atoms with E-state index in [4.69, 9.17) is 9.78 Å². The van der Waals surface area contributed by atoms with Crippen molar-refractivity contribution in [1.82, 2.24) is 0 Å². The predicted octanol–water partition coefficient (Wildman–Crippen LogP) is 2.78. The van der Waals surface area contributed by atoms with Gasteiger partial charge in [-0.05, 0) is 12.8 Å². The van der Waals surface area contributed by atoms with Crippen LogP contribution in [-0.4, -0.2) is 8.53 Å². The van der Waals surface area contributed by atoms with E-state index in [1.807, 2.05) is 13.8 Å². The Morgan fingerprint density at radius 3 is 1.25 bits per heavy atom.